The summed E-state index contributed by atoms with van der Waals surface area (Å²) in [6.07, 6.45) is 6.71. The predicted molar refractivity (Wildman–Crippen MR) is 71.5 cm³/mol. The molecule has 98 valence electrons. The van der Waals surface area contributed by atoms with Crippen molar-refractivity contribution in [1.82, 2.24) is 14.9 Å². The van der Waals surface area contributed by atoms with E-state index in [1.807, 2.05) is 25.4 Å². The molecule has 1 unspecified atom stereocenters. The van der Waals surface area contributed by atoms with Crippen LogP contribution < -0.4 is 5.32 Å². The van der Waals surface area contributed by atoms with Crippen molar-refractivity contribution in [3.05, 3.63) is 41.9 Å². The summed E-state index contributed by atoms with van der Waals surface area (Å²) in [7, 11) is 0. The molecule has 2 heterocycles. The van der Waals surface area contributed by atoms with Crippen molar-refractivity contribution in [3.8, 4) is 0 Å². The summed E-state index contributed by atoms with van der Waals surface area (Å²) in [6, 6.07) is 2.13. The van der Waals surface area contributed by atoms with Crippen LogP contribution in [0.15, 0.2) is 29.1 Å². The zero-order valence-electron chi connectivity index (χ0n) is 11.3. The van der Waals surface area contributed by atoms with Crippen LogP contribution in [-0.2, 0) is 6.54 Å². The van der Waals surface area contributed by atoms with Gasteiger partial charge in [0, 0.05) is 24.5 Å². The average molecular weight is 247 g/mol. The molecule has 0 fully saturated rings. The Morgan fingerprint density at radius 1 is 1.44 bits per heavy atom. The van der Waals surface area contributed by atoms with Crippen molar-refractivity contribution in [2.75, 3.05) is 6.54 Å². The molecule has 0 aliphatic heterocycles. The number of aryl methyl sites for hydroxylation is 2. The molecule has 0 radical (unpaired) electrons. The minimum Gasteiger partial charge on any atom is -0.469 e. The second-order valence-corrected chi connectivity index (χ2v) is 4.39. The Bertz CT molecular complexity index is 487. The molecule has 1 atom stereocenters. The Morgan fingerprint density at radius 3 is 2.89 bits per heavy atom. The first kappa shape index (κ1) is 12.9. The number of furan rings is 1. The van der Waals surface area contributed by atoms with Crippen LogP contribution in [0.2, 0.25) is 0 Å². The molecule has 2 aromatic rings. The quantitative estimate of drug-likeness (QED) is 0.853. The molecule has 0 aromatic carbocycles. The molecule has 0 aliphatic rings. The molecular weight excluding hydrogens is 226 g/mol. The highest BCUT2D eigenvalue weighted by atomic mass is 16.3. The van der Waals surface area contributed by atoms with E-state index in [-0.39, 0.29) is 6.04 Å². The minimum atomic E-state index is 0.110. The zero-order valence-corrected chi connectivity index (χ0v) is 11.3. The monoisotopic (exact) mass is 247 g/mol. The fourth-order valence-corrected chi connectivity index (χ4v) is 2.17. The number of hydrogen-bond donors (Lipinski definition) is 1. The lowest BCUT2D eigenvalue weighted by molar-refractivity contribution is 0.503. The van der Waals surface area contributed by atoms with Gasteiger partial charge in [0.15, 0.2) is 0 Å². The standard InChI is InChI=1S/C14H21N3O/c1-4-7-15-13(12-6-10-18-11(12)3)14-16-8-9-17(14)5-2/h6,8-10,13,15H,4-5,7H2,1-3H3. The Labute approximate surface area is 108 Å². The number of aromatic nitrogens is 2. The molecule has 0 saturated heterocycles. The van der Waals surface area contributed by atoms with Gasteiger partial charge in [0.25, 0.3) is 0 Å². The lowest BCUT2D eigenvalue weighted by Crippen LogP contribution is -2.26. The summed E-state index contributed by atoms with van der Waals surface area (Å²) < 4.78 is 7.59. The van der Waals surface area contributed by atoms with E-state index < -0.39 is 0 Å². The summed E-state index contributed by atoms with van der Waals surface area (Å²) in [6.45, 7) is 8.18. The molecule has 4 nitrogen and oxygen atoms in total. The fourth-order valence-electron chi connectivity index (χ4n) is 2.17. The van der Waals surface area contributed by atoms with Crippen LogP contribution in [0.1, 0.15) is 43.5 Å². The van der Waals surface area contributed by atoms with Gasteiger partial charge in [0.1, 0.15) is 11.6 Å². The van der Waals surface area contributed by atoms with Crippen LogP contribution in [0.25, 0.3) is 0 Å². The van der Waals surface area contributed by atoms with Crippen molar-refractivity contribution in [3.63, 3.8) is 0 Å². The van der Waals surface area contributed by atoms with Crippen LogP contribution >= 0.6 is 0 Å². The molecule has 0 bridgehead atoms. The van der Waals surface area contributed by atoms with Gasteiger partial charge in [-0.05, 0) is 32.9 Å². The third kappa shape index (κ3) is 2.48. The number of rotatable bonds is 6. The van der Waals surface area contributed by atoms with E-state index in [4.69, 9.17) is 4.42 Å². The van der Waals surface area contributed by atoms with Gasteiger partial charge >= 0.3 is 0 Å². The van der Waals surface area contributed by atoms with Crippen molar-refractivity contribution >= 4 is 0 Å². The molecule has 0 saturated carbocycles. The molecule has 4 heteroatoms. The van der Waals surface area contributed by atoms with E-state index in [1.165, 1.54) is 5.56 Å². The van der Waals surface area contributed by atoms with Crippen LogP contribution in [-0.4, -0.2) is 16.1 Å². The summed E-state index contributed by atoms with van der Waals surface area (Å²) in [4.78, 5) is 4.50. The van der Waals surface area contributed by atoms with Crippen molar-refractivity contribution in [2.45, 2.75) is 39.8 Å². The third-order valence-corrected chi connectivity index (χ3v) is 3.15. The first-order valence-corrected chi connectivity index (χ1v) is 6.56. The maximum absolute atomic E-state index is 5.42. The first-order valence-electron chi connectivity index (χ1n) is 6.56. The zero-order chi connectivity index (χ0) is 13.0. The first-order chi connectivity index (χ1) is 8.77. The van der Waals surface area contributed by atoms with E-state index in [9.17, 15) is 0 Å². The molecule has 2 aromatic heterocycles. The van der Waals surface area contributed by atoms with Gasteiger partial charge in [0.05, 0.1) is 12.3 Å². The summed E-state index contributed by atoms with van der Waals surface area (Å²) in [5.74, 6) is 2.00. The minimum absolute atomic E-state index is 0.110. The smallest absolute Gasteiger partial charge is 0.130 e. The van der Waals surface area contributed by atoms with Gasteiger partial charge in [-0.2, -0.15) is 0 Å². The van der Waals surface area contributed by atoms with E-state index in [0.29, 0.717) is 0 Å². The molecule has 0 aliphatic carbocycles. The second-order valence-electron chi connectivity index (χ2n) is 4.39. The van der Waals surface area contributed by atoms with Crippen molar-refractivity contribution in [1.29, 1.82) is 0 Å². The van der Waals surface area contributed by atoms with Crippen LogP contribution in [0.4, 0.5) is 0 Å². The number of hydrogen-bond acceptors (Lipinski definition) is 3. The highest BCUT2D eigenvalue weighted by Gasteiger charge is 2.21. The topological polar surface area (TPSA) is 43.0 Å². The lowest BCUT2D eigenvalue weighted by Gasteiger charge is -2.18. The highest BCUT2D eigenvalue weighted by molar-refractivity contribution is 5.26. The average Bonchev–Trinajstić information content (AvgIpc) is 2.99. The summed E-state index contributed by atoms with van der Waals surface area (Å²) >= 11 is 0. The second kappa shape index (κ2) is 5.87. The number of nitrogens with one attached hydrogen (secondary N) is 1. The Hall–Kier alpha value is -1.55. The molecular formula is C14H21N3O. The van der Waals surface area contributed by atoms with Crippen LogP contribution in [0.5, 0.6) is 0 Å². The van der Waals surface area contributed by atoms with Crippen molar-refractivity contribution in [2.24, 2.45) is 0 Å². The van der Waals surface area contributed by atoms with E-state index in [2.05, 4.69) is 28.7 Å². The van der Waals surface area contributed by atoms with E-state index in [0.717, 1.165) is 31.1 Å². The fraction of sp³-hybridized carbons (Fsp3) is 0.500. The molecule has 1 N–H and O–H groups in total. The van der Waals surface area contributed by atoms with Crippen LogP contribution in [0, 0.1) is 6.92 Å². The number of nitrogens with zero attached hydrogens (tertiary/aromatic N) is 2. The van der Waals surface area contributed by atoms with Gasteiger partial charge in [-0.25, -0.2) is 4.98 Å². The molecule has 0 spiro atoms. The van der Waals surface area contributed by atoms with Crippen molar-refractivity contribution < 1.29 is 4.42 Å². The normalized spacial score (nSPS) is 12.8. The summed E-state index contributed by atoms with van der Waals surface area (Å²) in [5.41, 5.74) is 1.17. The van der Waals surface area contributed by atoms with Gasteiger partial charge in [0.2, 0.25) is 0 Å². The van der Waals surface area contributed by atoms with Crippen LogP contribution in [0.3, 0.4) is 0 Å². The molecule has 2 rings (SSSR count). The van der Waals surface area contributed by atoms with Gasteiger partial charge in [-0.3, -0.25) is 0 Å². The Balaban J connectivity index is 2.34. The summed E-state index contributed by atoms with van der Waals surface area (Å²) in [5, 5.41) is 3.55. The van der Waals surface area contributed by atoms with Gasteiger partial charge in [-0.15, -0.1) is 0 Å². The predicted octanol–water partition coefficient (Wildman–Crippen LogP) is 2.89. The Kier molecular flexibility index (Phi) is 4.20. The largest absolute Gasteiger partial charge is 0.469 e. The third-order valence-electron chi connectivity index (χ3n) is 3.15. The van der Waals surface area contributed by atoms with E-state index in [1.54, 1.807) is 6.26 Å². The van der Waals surface area contributed by atoms with Gasteiger partial charge < -0.3 is 14.3 Å². The maximum Gasteiger partial charge on any atom is 0.130 e. The van der Waals surface area contributed by atoms with E-state index >= 15 is 0 Å². The SMILES string of the molecule is CCCNC(c1ccoc1C)c1nccn1CC. The van der Waals surface area contributed by atoms with Gasteiger partial charge in [-0.1, -0.05) is 6.92 Å². The highest BCUT2D eigenvalue weighted by Crippen LogP contribution is 2.24. The lowest BCUT2D eigenvalue weighted by atomic mass is 10.1. The molecule has 0 amide bonds. The maximum atomic E-state index is 5.42. The number of imidazole rings is 1. The molecule has 18 heavy (non-hydrogen) atoms. The Morgan fingerprint density at radius 2 is 2.28 bits per heavy atom.